The van der Waals surface area contributed by atoms with Gasteiger partial charge in [-0.1, -0.05) is 0 Å². The van der Waals surface area contributed by atoms with Crippen molar-refractivity contribution in [1.29, 1.82) is 0 Å². The predicted octanol–water partition coefficient (Wildman–Crippen LogP) is 2.45. The Morgan fingerprint density at radius 2 is 1.95 bits per heavy atom. The average molecular weight is 323 g/mol. The number of carboxylic acids is 1. The summed E-state index contributed by atoms with van der Waals surface area (Å²) >= 11 is 0. The number of hydrogen-bond acceptors (Lipinski definition) is 3. The molecule has 0 bridgehead atoms. The van der Waals surface area contributed by atoms with Crippen LogP contribution in [0.25, 0.3) is 0 Å². The molecule has 0 heterocycles. The second kappa shape index (κ2) is 6.73. The molecule has 5 nitrogen and oxygen atoms in total. The second-order valence-corrected chi connectivity index (χ2v) is 4.44. The maximum Gasteiger partial charge on any atom is 0.471 e. The minimum atomic E-state index is -5.25. The van der Waals surface area contributed by atoms with Crippen LogP contribution in [0, 0.1) is 5.82 Å². The summed E-state index contributed by atoms with van der Waals surface area (Å²) in [5, 5.41) is 9.03. The van der Waals surface area contributed by atoms with Crippen molar-refractivity contribution in [2.75, 3.05) is 18.6 Å². The van der Waals surface area contributed by atoms with Crippen molar-refractivity contribution in [2.24, 2.45) is 0 Å². The van der Waals surface area contributed by atoms with Gasteiger partial charge in [0.2, 0.25) is 0 Å². The summed E-state index contributed by atoms with van der Waals surface area (Å²) in [6, 6.07) is 0.992. The fourth-order valence-electron chi connectivity index (χ4n) is 1.88. The van der Waals surface area contributed by atoms with E-state index in [1.165, 1.54) is 14.0 Å². The highest BCUT2D eigenvalue weighted by atomic mass is 19.4. The zero-order chi connectivity index (χ0) is 17.1. The number of rotatable bonds is 5. The molecule has 1 aromatic rings. The maximum absolute atomic E-state index is 13.3. The van der Waals surface area contributed by atoms with Crippen LogP contribution in [-0.4, -0.2) is 42.9 Å². The standard InChI is InChI=1S/C13H13F4NO4/c1-7(6-22-2)18(12(21)13(15,16)17)10-5-8(14)3-4-9(10)11(19)20/h3-5,7H,6H2,1-2H3,(H,19,20)/t7-/m0/s1. The largest absolute Gasteiger partial charge is 0.478 e. The van der Waals surface area contributed by atoms with Gasteiger partial charge >= 0.3 is 18.1 Å². The van der Waals surface area contributed by atoms with Gasteiger partial charge in [0, 0.05) is 7.11 Å². The van der Waals surface area contributed by atoms with E-state index >= 15 is 0 Å². The Labute approximate surface area is 123 Å². The van der Waals surface area contributed by atoms with E-state index in [1.54, 1.807) is 0 Å². The summed E-state index contributed by atoms with van der Waals surface area (Å²) in [6.07, 6.45) is -5.25. The van der Waals surface area contributed by atoms with E-state index in [2.05, 4.69) is 0 Å². The Balaban J connectivity index is 3.48. The number of aromatic carboxylic acids is 1. The predicted molar refractivity (Wildman–Crippen MR) is 68.2 cm³/mol. The van der Waals surface area contributed by atoms with Crippen LogP contribution < -0.4 is 4.90 Å². The van der Waals surface area contributed by atoms with Gasteiger partial charge < -0.3 is 9.84 Å². The number of methoxy groups -OCH3 is 1. The van der Waals surface area contributed by atoms with Gasteiger partial charge in [0.25, 0.3) is 0 Å². The molecule has 1 atom stereocenters. The molecule has 1 rings (SSSR count). The van der Waals surface area contributed by atoms with Crippen molar-refractivity contribution in [3.05, 3.63) is 29.6 Å². The number of alkyl halides is 3. The van der Waals surface area contributed by atoms with Crippen LogP contribution in [0.5, 0.6) is 0 Å². The minimum Gasteiger partial charge on any atom is -0.478 e. The lowest BCUT2D eigenvalue weighted by Crippen LogP contribution is -2.48. The Hall–Kier alpha value is -2.16. The highest BCUT2D eigenvalue weighted by molar-refractivity contribution is 6.04. The number of carbonyl (C=O) groups is 2. The van der Waals surface area contributed by atoms with E-state index in [-0.39, 0.29) is 11.5 Å². The van der Waals surface area contributed by atoms with Crippen LogP contribution in [-0.2, 0) is 9.53 Å². The Kier molecular flexibility index (Phi) is 5.48. The van der Waals surface area contributed by atoms with Crippen molar-refractivity contribution in [3.63, 3.8) is 0 Å². The third-order valence-electron chi connectivity index (χ3n) is 2.76. The first kappa shape index (κ1) is 17.9. The molecule has 1 aromatic carbocycles. The molecule has 0 fully saturated rings. The molecule has 1 N–H and O–H groups in total. The van der Waals surface area contributed by atoms with Crippen molar-refractivity contribution < 1.29 is 37.0 Å². The highest BCUT2D eigenvalue weighted by Crippen LogP contribution is 2.29. The summed E-state index contributed by atoms with van der Waals surface area (Å²) in [7, 11) is 1.20. The van der Waals surface area contributed by atoms with Crippen LogP contribution in [0.1, 0.15) is 17.3 Å². The van der Waals surface area contributed by atoms with Crippen molar-refractivity contribution >= 4 is 17.6 Å². The number of benzene rings is 1. The fourth-order valence-corrected chi connectivity index (χ4v) is 1.88. The lowest BCUT2D eigenvalue weighted by molar-refractivity contribution is -0.171. The average Bonchev–Trinajstić information content (AvgIpc) is 2.37. The molecule has 0 radical (unpaired) electrons. The molecular formula is C13H13F4NO4. The molecule has 0 aliphatic rings. The van der Waals surface area contributed by atoms with Crippen LogP contribution in [0.15, 0.2) is 18.2 Å². The van der Waals surface area contributed by atoms with Crippen molar-refractivity contribution in [2.45, 2.75) is 19.1 Å². The lowest BCUT2D eigenvalue weighted by atomic mass is 10.1. The maximum atomic E-state index is 13.3. The number of carboxylic acid groups (broad SMARTS) is 1. The quantitative estimate of drug-likeness (QED) is 0.845. The van der Waals surface area contributed by atoms with Crippen LogP contribution in [0.2, 0.25) is 0 Å². The van der Waals surface area contributed by atoms with E-state index in [1.807, 2.05) is 0 Å². The second-order valence-electron chi connectivity index (χ2n) is 4.44. The molecule has 0 aromatic heterocycles. The van der Waals surface area contributed by atoms with E-state index in [4.69, 9.17) is 9.84 Å². The van der Waals surface area contributed by atoms with Gasteiger partial charge in [0.05, 0.1) is 23.9 Å². The first-order valence-electron chi connectivity index (χ1n) is 6.01. The van der Waals surface area contributed by atoms with Gasteiger partial charge in [-0.05, 0) is 25.1 Å². The molecule has 0 saturated heterocycles. The minimum absolute atomic E-state index is 0.177. The smallest absolute Gasteiger partial charge is 0.471 e. The van der Waals surface area contributed by atoms with E-state index in [9.17, 15) is 27.2 Å². The number of hydrogen-bond donors (Lipinski definition) is 1. The number of halogens is 4. The summed E-state index contributed by atoms with van der Waals surface area (Å²) < 4.78 is 56.3. The van der Waals surface area contributed by atoms with Crippen molar-refractivity contribution in [3.8, 4) is 0 Å². The zero-order valence-electron chi connectivity index (χ0n) is 11.6. The molecule has 0 unspecified atom stereocenters. The molecule has 122 valence electrons. The monoisotopic (exact) mass is 323 g/mol. The topological polar surface area (TPSA) is 66.8 Å². The summed E-state index contributed by atoms with van der Waals surface area (Å²) in [6.45, 7) is 0.932. The number of ether oxygens (including phenoxy) is 1. The van der Waals surface area contributed by atoms with Crippen molar-refractivity contribution in [1.82, 2.24) is 0 Å². The summed E-state index contributed by atoms with van der Waals surface area (Å²) in [5.74, 6) is -4.85. The van der Waals surface area contributed by atoms with Gasteiger partial charge in [0.15, 0.2) is 0 Å². The van der Waals surface area contributed by atoms with Gasteiger partial charge in [-0.25, -0.2) is 9.18 Å². The van der Waals surface area contributed by atoms with E-state index < -0.39 is 41.2 Å². The molecule has 0 aliphatic heterocycles. The molecule has 0 aliphatic carbocycles. The lowest BCUT2D eigenvalue weighted by Gasteiger charge is -2.30. The molecular weight excluding hydrogens is 310 g/mol. The Morgan fingerprint density at radius 3 is 2.41 bits per heavy atom. The van der Waals surface area contributed by atoms with Gasteiger partial charge in [0.1, 0.15) is 5.82 Å². The van der Waals surface area contributed by atoms with E-state index in [0.29, 0.717) is 6.07 Å². The van der Waals surface area contributed by atoms with Crippen LogP contribution >= 0.6 is 0 Å². The van der Waals surface area contributed by atoms with Crippen LogP contribution in [0.4, 0.5) is 23.2 Å². The molecule has 22 heavy (non-hydrogen) atoms. The number of nitrogens with zero attached hydrogens (tertiary/aromatic N) is 1. The Bertz CT molecular complexity index is 574. The fraction of sp³-hybridized carbons (Fsp3) is 0.385. The zero-order valence-corrected chi connectivity index (χ0v) is 11.6. The SMILES string of the molecule is COC[C@H](C)N(C(=O)C(F)(F)F)c1cc(F)ccc1C(=O)O. The third kappa shape index (κ3) is 3.94. The number of anilines is 1. The van der Waals surface area contributed by atoms with E-state index in [0.717, 1.165) is 12.1 Å². The normalized spacial score (nSPS) is 12.8. The molecule has 0 spiro atoms. The Morgan fingerprint density at radius 1 is 1.36 bits per heavy atom. The molecule has 9 heteroatoms. The number of carbonyl (C=O) groups excluding carboxylic acids is 1. The first-order valence-corrected chi connectivity index (χ1v) is 6.01. The molecule has 0 saturated carbocycles. The van der Waals surface area contributed by atoms with Gasteiger partial charge in [-0.3, -0.25) is 9.69 Å². The third-order valence-corrected chi connectivity index (χ3v) is 2.76. The first-order chi connectivity index (χ1) is 10.1. The highest BCUT2D eigenvalue weighted by Gasteiger charge is 2.45. The summed E-state index contributed by atoms with van der Waals surface area (Å²) in [4.78, 5) is 22.9. The van der Waals surface area contributed by atoms with Gasteiger partial charge in [-0.2, -0.15) is 13.2 Å². The summed E-state index contributed by atoms with van der Waals surface area (Å²) in [5.41, 5.74) is -1.30. The van der Waals surface area contributed by atoms with Crippen LogP contribution in [0.3, 0.4) is 0 Å². The molecule has 1 amide bonds. The van der Waals surface area contributed by atoms with Gasteiger partial charge in [-0.15, -0.1) is 0 Å². The number of amides is 1.